The molecule has 2 nitrogen and oxygen atoms in total. The van der Waals surface area contributed by atoms with Crippen LogP contribution in [0.4, 0.5) is 0 Å². The molecular formula is C12H21NOS. The first-order chi connectivity index (χ1) is 7.34. The molecule has 0 aromatic carbocycles. The second-order valence-electron chi connectivity index (χ2n) is 3.79. The summed E-state index contributed by atoms with van der Waals surface area (Å²) in [6.07, 6.45) is 9.63. The summed E-state index contributed by atoms with van der Waals surface area (Å²) in [7, 11) is 0. The van der Waals surface area contributed by atoms with Gasteiger partial charge in [0, 0.05) is 11.6 Å². The first-order valence-corrected chi connectivity index (χ1v) is 6.98. The number of unbranched alkanes of at least 4 members (excludes halogenated alkanes) is 2. The molecule has 1 aromatic rings. The van der Waals surface area contributed by atoms with Crippen LogP contribution in [-0.4, -0.2) is 18.6 Å². The molecule has 1 N–H and O–H groups in total. The second-order valence-corrected chi connectivity index (χ2v) is 4.77. The van der Waals surface area contributed by atoms with Crippen LogP contribution in [-0.2, 0) is 0 Å². The minimum absolute atomic E-state index is 0.407. The molecule has 15 heavy (non-hydrogen) atoms. The molecule has 0 fully saturated rings. The first-order valence-electron chi connectivity index (χ1n) is 5.59. The highest BCUT2D eigenvalue weighted by Gasteiger charge is 2.04. The summed E-state index contributed by atoms with van der Waals surface area (Å²) in [5, 5.41) is 3.50. The van der Waals surface area contributed by atoms with E-state index < -0.39 is 0 Å². The van der Waals surface area contributed by atoms with Crippen LogP contribution < -0.4 is 5.32 Å². The van der Waals surface area contributed by atoms with E-state index in [0.717, 1.165) is 6.54 Å². The number of nitrogens with one attached hydrogen (secondary N) is 1. The van der Waals surface area contributed by atoms with Gasteiger partial charge in [0.05, 0.1) is 12.5 Å². The van der Waals surface area contributed by atoms with Crippen molar-refractivity contribution in [2.24, 2.45) is 0 Å². The standard InChI is InChI=1S/C12H21NOS/c1-11(12-6-8-14-10-12)13-7-4-3-5-9-15-2/h6,8,10-11,13H,3-5,7,9H2,1-2H3. The van der Waals surface area contributed by atoms with Gasteiger partial charge in [-0.1, -0.05) is 6.42 Å². The lowest BCUT2D eigenvalue weighted by Crippen LogP contribution is -2.19. The van der Waals surface area contributed by atoms with Crippen LogP contribution in [0.15, 0.2) is 23.0 Å². The summed E-state index contributed by atoms with van der Waals surface area (Å²) in [5.41, 5.74) is 1.24. The van der Waals surface area contributed by atoms with Gasteiger partial charge in [-0.15, -0.1) is 0 Å². The molecule has 1 unspecified atom stereocenters. The minimum Gasteiger partial charge on any atom is -0.472 e. The van der Waals surface area contributed by atoms with Gasteiger partial charge in [0.25, 0.3) is 0 Å². The molecule has 1 aromatic heterocycles. The topological polar surface area (TPSA) is 25.2 Å². The monoisotopic (exact) mass is 227 g/mol. The molecule has 3 heteroatoms. The Balaban J connectivity index is 2.00. The molecule has 0 aliphatic rings. The third-order valence-electron chi connectivity index (χ3n) is 2.52. The van der Waals surface area contributed by atoms with Crippen molar-refractivity contribution in [3.63, 3.8) is 0 Å². The maximum atomic E-state index is 5.05. The summed E-state index contributed by atoms with van der Waals surface area (Å²) >= 11 is 1.93. The Morgan fingerprint density at radius 3 is 2.93 bits per heavy atom. The van der Waals surface area contributed by atoms with Crippen LogP contribution >= 0.6 is 11.8 Å². The van der Waals surface area contributed by atoms with Crippen LogP contribution in [0.3, 0.4) is 0 Å². The molecule has 1 atom stereocenters. The Hall–Kier alpha value is -0.410. The normalized spacial score (nSPS) is 12.9. The zero-order chi connectivity index (χ0) is 10.9. The highest BCUT2D eigenvalue weighted by molar-refractivity contribution is 7.98. The summed E-state index contributed by atoms with van der Waals surface area (Å²) in [4.78, 5) is 0. The van der Waals surface area contributed by atoms with Crippen LogP contribution in [0.2, 0.25) is 0 Å². The van der Waals surface area contributed by atoms with E-state index in [1.807, 2.05) is 24.1 Å². The summed E-state index contributed by atoms with van der Waals surface area (Å²) in [6, 6.07) is 2.43. The zero-order valence-corrected chi connectivity index (χ0v) is 10.5. The molecule has 0 saturated heterocycles. The Morgan fingerprint density at radius 1 is 1.40 bits per heavy atom. The van der Waals surface area contributed by atoms with Crippen molar-refractivity contribution in [3.05, 3.63) is 24.2 Å². The van der Waals surface area contributed by atoms with Crippen LogP contribution in [0.25, 0.3) is 0 Å². The molecule has 0 aliphatic carbocycles. The number of rotatable bonds is 8. The SMILES string of the molecule is CSCCCCCNC(C)c1ccoc1. The molecule has 0 radical (unpaired) electrons. The Labute approximate surface area is 96.8 Å². The third kappa shape index (κ3) is 5.28. The largest absolute Gasteiger partial charge is 0.472 e. The number of hydrogen-bond donors (Lipinski definition) is 1. The van der Waals surface area contributed by atoms with Gasteiger partial charge in [-0.25, -0.2) is 0 Å². The van der Waals surface area contributed by atoms with Gasteiger partial charge in [0.2, 0.25) is 0 Å². The Bertz CT molecular complexity index is 236. The Morgan fingerprint density at radius 2 is 2.27 bits per heavy atom. The van der Waals surface area contributed by atoms with Crippen molar-refractivity contribution >= 4 is 11.8 Å². The maximum absolute atomic E-state index is 5.05. The molecule has 1 heterocycles. The summed E-state index contributed by atoms with van der Waals surface area (Å²) in [6.45, 7) is 3.27. The summed E-state index contributed by atoms with van der Waals surface area (Å²) in [5.74, 6) is 1.29. The van der Waals surface area contributed by atoms with E-state index in [9.17, 15) is 0 Å². The Kier molecular flexibility index (Phi) is 6.60. The molecule has 0 aliphatic heterocycles. The fraction of sp³-hybridized carbons (Fsp3) is 0.667. The fourth-order valence-corrected chi connectivity index (χ4v) is 2.00. The lowest BCUT2D eigenvalue weighted by atomic mass is 10.1. The first kappa shape index (κ1) is 12.7. The van der Waals surface area contributed by atoms with Gasteiger partial charge < -0.3 is 9.73 Å². The molecule has 0 bridgehead atoms. The van der Waals surface area contributed by atoms with Crippen molar-refractivity contribution in [3.8, 4) is 0 Å². The number of thioether (sulfide) groups is 1. The quantitative estimate of drug-likeness (QED) is 0.688. The van der Waals surface area contributed by atoms with Gasteiger partial charge in [-0.2, -0.15) is 11.8 Å². The van der Waals surface area contributed by atoms with Gasteiger partial charge >= 0.3 is 0 Å². The van der Waals surface area contributed by atoms with Crippen molar-refractivity contribution in [2.45, 2.75) is 32.2 Å². The number of furan rings is 1. The lowest BCUT2D eigenvalue weighted by Gasteiger charge is -2.11. The highest BCUT2D eigenvalue weighted by Crippen LogP contribution is 2.12. The lowest BCUT2D eigenvalue weighted by molar-refractivity contribution is 0.526. The van der Waals surface area contributed by atoms with Crippen molar-refractivity contribution in [2.75, 3.05) is 18.6 Å². The van der Waals surface area contributed by atoms with Crippen molar-refractivity contribution in [1.29, 1.82) is 0 Å². The van der Waals surface area contributed by atoms with Gasteiger partial charge in [-0.05, 0) is 44.4 Å². The van der Waals surface area contributed by atoms with Crippen LogP contribution in [0.1, 0.15) is 37.8 Å². The number of hydrogen-bond acceptors (Lipinski definition) is 3. The molecule has 86 valence electrons. The third-order valence-corrected chi connectivity index (χ3v) is 3.22. The minimum atomic E-state index is 0.407. The average molecular weight is 227 g/mol. The summed E-state index contributed by atoms with van der Waals surface area (Å²) < 4.78 is 5.05. The van der Waals surface area contributed by atoms with Gasteiger partial charge in [-0.3, -0.25) is 0 Å². The van der Waals surface area contributed by atoms with E-state index in [4.69, 9.17) is 4.42 Å². The van der Waals surface area contributed by atoms with E-state index in [1.165, 1.54) is 30.6 Å². The van der Waals surface area contributed by atoms with Gasteiger partial charge in [0.15, 0.2) is 0 Å². The van der Waals surface area contributed by atoms with Crippen LogP contribution in [0, 0.1) is 0 Å². The molecule has 0 saturated carbocycles. The van der Waals surface area contributed by atoms with Crippen molar-refractivity contribution < 1.29 is 4.42 Å². The van der Waals surface area contributed by atoms with E-state index in [2.05, 4.69) is 18.5 Å². The van der Waals surface area contributed by atoms with E-state index in [1.54, 1.807) is 6.26 Å². The molecule has 0 spiro atoms. The molecule has 0 amide bonds. The van der Waals surface area contributed by atoms with E-state index >= 15 is 0 Å². The molecular weight excluding hydrogens is 206 g/mol. The maximum Gasteiger partial charge on any atom is 0.0950 e. The van der Waals surface area contributed by atoms with E-state index in [-0.39, 0.29) is 0 Å². The fourth-order valence-electron chi connectivity index (χ4n) is 1.51. The predicted molar refractivity (Wildman–Crippen MR) is 67.4 cm³/mol. The average Bonchev–Trinajstić information content (AvgIpc) is 2.76. The smallest absolute Gasteiger partial charge is 0.0950 e. The predicted octanol–water partition coefficient (Wildman–Crippen LogP) is 3.46. The van der Waals surface area contributed by atoms with Crippen LogP contribution in [0.5, 0.6) is 0 Å². The molecule has 1 rings (SSSR count). The second kappa shape index (κ2) is 7.83. The van der Waals surface area contributed by atoms with E-state index in [0.29, 0.717) is 6.04 Å². The highest BCUT2D eigenvalue weighted by atomic mass is 32.2. The van der Waals surface area contributed by atoms with Gasteiger partial charge in [0.1, 0.15) is 0 Å². The zero-order valence-electron chi connectivity index (χ0n) is 9.66. The van der Waals surface area contributed by atoms with Crippen molar-refractivity contribution in [1.82, 2.24) is 5.32 Å².